The normalized spacial score (nSPS) is 24.0. The van der Waals surface area contributed by atoms with Crippen molar-refractivity contribution in [3.05, 3.63) is 88.0 Å². The van der Waals surface area contributed by atoms with Crippen LogP contribution in [0.15, 0.2) is 66.3 Å². The Hall–Kier alpha value is -7.27. The third kappa shape index (κ3) is 19.9. The fourth-order valence-corrected chi connectivity index (χ4v) is 11.1. The molecule has 502 valence electrons. The molecule has 4 bridgehead atoms. The van der Waals surface area contributed by atoms with E-state index in [2.05, 4.69) is 49.1 Å². The monoisotopic (exact) mass is 1370 g/mol. The van der Waals surface area contributed by atoms with Crippen molar-refractivity contribution in [2.75, 3.05) is 50.4 Å². The van der Waals surface area contributed by atoms with Crippen molar-refractivity contribution < 1.29 is 89.8 Å². The Morgan fingerprint density at radius 1 is 1.02 bits per heavy atom. The summed E-state index contributed by atoms with van der Waals surface area (Å²) in [5, 5.41) is 24.4. The molecule has 0 saturated carbocycles. The van der Waals surface area contributed by atoms with E-state index in [1.54, 1.807) is 65.0 Å². The number of carbonyl (C=O) groups excluding carboxylic acids is 9. The summed E-state index contributed by atoms with van der Waals surface area (Å²) in [6.07, 6.45) is -5.51. The van der Waals surface area contributed by atoms with E-state index in [9.17, 15) is 48.3 Å². The van der Waals surface area contributed by atoms with Crippen LogP contribution in [0.5, 0.6) is 5.75 Å². The molecule has 0 spiro atoms. The van der Waals surface area contributed by atoms with Crippen molar-refractivity contribution in [2.24, 2.45) is 17.6 Å². The summed E-state index contributed by atoms with van der Waals surface area (Å²) in [6, 6.07) is 0.430. The second-order valence-corrected chi connectivity index (χ2v) is 24.5. The highest BCUT2D eigenvalue weighted by atomic mass is 79.9. The largest absolute Gasteiger partial charge is 0.495 e. The first kappa shape index (κ1) is 74.5. The lowest BCUT2D eigenvalue weighted by Crippen LogP contribution is -2.63. The topological polar surface area (TPSA) is 325 Å². The van der Waals surface area contributed by atoms with E-state index in [-0.39, 0.29) is 59.6 Å². The van der Waals surface area contributed by atoms with E-state index in [0.29, 0.717) is 37.3 Å². The predicted octanol–water partition coefficient (Wildman–Crippen LogP) is 7.30. The number of allylic oxidation sites excluding steroid dienone is 3. The number of nitrogens with two attached hydrogens (primary N) is 1. The van der Waals surface area contributed by atoms with E-state index in [0.717, 1.165) is 29.7 Å². The number of likely N-dealkylation sites (N-methyl/N-ethyl adjacent to an activating group) is 1. The predicted molar refractivity (Wildman–Crippen MR) is 333 cm³/mol. The molecule has 2 aromatic rings. The first-order valence-electron chi connectivity index (χ1n) is 29.6. The Morgan fingerprint density at radius 3 is 2.34 bits per heavy atom. The number of benzene rings is 2. The molecule has 2 aromatic carbocycles. The number of esters is 2. The number of epoxide rings is 1. The zero-order valence-corrected chi connectivity index (χ0v) is 55.2. The maximum absolute atomic E-state index is 15.1. The number of urea groups is 1. The van der Waals surface area contributed by atoms with Crippen LogP contribution in [-0.4, -0.2) is 164 Å². The van der Waals surface area contributed by atoms with Crippen LogP contribution in [0.25, 0.3) is 0 Å². The number of unbranched alkanes of at least 4 members (excludes halogenated alkanes) is 1. The van der Waals surface area contributed by atoms with Gasteiger partial charge < -0.3 is 70.3 Å². The van der Waals surface area contributed by atoms with Gasteiger partial charge in [0.2, 0.25) is 23.6 Å². The van der Waals surface area contributed by atoms with Crippen LogP contribution in [0.1, 0.15) is 121 Å². The van der Waals surface area contributed by atoms with E-state index in [1.807, 2.05) is 6.92 Å². The van der Waals surface area contributed by atoms with Gasteiger partial charge >= 0.3 is 30.2 Å². The number of aliphatic hydroxyl groups is 1. The summed E-state index contributed by atoms with van der Waals surface area (Å²) in [7, 11) is 5.35. The lowest BCUT2D eigenvalue weighted by molar-refractivity contribution is -0.158. The number of fused-ring (bicyclic) bond motifs is 5. The molecule has 8 N–H and O–H groups in total. The zero-order valence-electron chi connectivity index (χ0n) is 52.8. The lowest BCUT2D eigenvalue weighted by atomic mass is 9.83. The van der Waals surface area contributed by atoms with E-state index in [1.165, 1.54) is 33.1 Å². The molecule has 29 heteroatoms. The number of nitrogens with zero attached hydrogens (tertiary/aromatic N) is 2. The molecule has 0 aliphatic carbocycles. The summed E-state index contributed by atoms with van der Waals surface area (Å²) in [5.41, 5.74) is 0.806. The first-order chi connectivity index (χ1) is 42.6. The van der Waals surface area contributed by atoms with E-state index in [4.69, 9.17) is 45.8 Å². The number of anilines is 2. The van der Waals surface area contributed by atoms with Gasteiger partial charge in [0.25, 0.3) is 5.91 Å². The first-order valence-corrected chi connectivity index (χ1v) is 31.1. The molecule has 2 fully saturated rings. The summed E-state index contributed by atoms with van der Waals surface area (Å²) in [6.45, 7) is 14.8. The van der Waals surface area contributed by atoms with Crippen LogP contribution in [0, 0.1) is 11.8 Å². The summed E-state index contributed by atoms with van der Waals surface area (Å²) in [4.78, 5) is 123. The maximum atomic E-state index is 15.1. The van der Waals surface area contributed by atoms with Crippen LogP contribution >= 0.6 is 27.5 Å². The Balaban J connectivity index is 1.38. The number of hydrogen-bond donors (Lipinski definition) is 7. The molecular weight excluding hydrogens is 1290 g/mol. The van der Waals surface area contributed by atoms with Gasteiger partial charge in [0.15, 0.2) is 5.72 Å². The number of carbonyl (C=O) groups is 9. The van der Waals surface area contributed by atoms with Crippen LogP contribution in [0.2, 0.25) is 5.02 Å². The molecule has 5 rings (SSSR count). The Morgan fingerprint density at radius 2 is 1.71 bits per heavy atom. The average molecular weight is 1370 g/mol. The molecule has 8 amide bonds. The number of hydrogen-bond acceptors (Lipinski definition) is 16. The third-order valence-electron chi connectivity index (χ3n) is 16.2. The number of amides is 8. The van der Waals surface area contributed by atoms with Crippen LogP contribution in [-0.2, 0) is 65.0 Å². The highest BCUT2D eigenvalue weighted by Crippen LogP contribution is 2.49. The maximum Gasteiger partial charge on any atom is 0.418 e. The van der Waals surface area contributed by atoms with E-state index >= 15 is 13.2 Å². The molecule has 3 aliphatic heterocycles. The lowest BCUT2D eigenvalue weighted by Gasteiger charge is -2.42. The van der Waals surface area contributed by atoms with Gasteiger partial charge in [-0.2, -0.15) is 13.2 Å². The van der Waals surface area contributed by atoms with Crippen molar-refractivity contribution in [1.29, 1.82) is 0 Å². The van der Waals surface area contributed by atoms with Gasteiger partial charge in [-0.3, -0.25) is 29.3 Å². The fourth-order valence-electron chi connectivity index (χ4n) is 10.5. The van der Waals surface area contributed by atoms with Crippen LogP contribution < -0.4 is 42.0 Å². The highest BCUT2D eigenvalue weighted by molar-refractivity contribution is 9.09. The van der Waals surface area contributed by atoms with Gasteiger partial charge in [0.05, 0.1) is 42.7 Å². The fraction of sp³-hybridized carbons (Fsp3) is 0.565. The van der Waals surface area contributed by atoms with Gasteiger partial charge in [-0.05, 0) is 108 Å². The van der Waals surface area contributed by atoms with Crippen molar-refractivity contribution >= 4 is 92.5 Å². The van der Waals surface area contributed by atoms with Gasteiger partial charge in [-0.15, -0.1) is 0 Å². The van der Waals surface area contributed by atoms with Crippen molar-refractivity contribution in [1.82, 2.24) is 26.2 Å². The molecule has 0 radical (unpaired) electrons. The molecule has 24 nitrogen and oxygen atoms in total. The summed E-state index contributed by atoms with van der Waals surface area (Å²) >= 11 is 9.97. The molecular formula is C62H83BrClF3N8O16. The Kier molecular flexibility index (Phi) is 26.5. The molecule has 1 unspecified atom stereocenters. The number of rotatable bonds is 24. The number of methoxy groups -OCH3 is 2. The number of ether oxygens (including phenoxy) is 6. The smallest absolute Gasteiger partial charge is 0.418 e. The van der Waals surface area contributed by atoms with Gasteiger partial charge in [-0.25, -0.2) is 19.2 Å². The Labute approximate surface area is 540 Å². The second-order valence-electron chi connectivity index (χ2n) is 23.5. The Bertz CT molecular complexity index is 3120. The molecule has 3 aliphatic rings. The highest BCUT2D eigenvalue weighted by Gasteiger charge is 2.64. The average Bonchev–Trinajstić information content (AvgIpc) is 1.59. The minimum Gasteiger partial charge on any atom is -0.495 e. The van der Waals surface area contributed by atoms with Crippen LogP contribution in [0.3, 0.4) is 0 Å². The molecule has 11 atom stereocenters. The van der Waals surface area contributed by atoms with Gasteiger partial charge in [0.1, 0.15) is 52.8 Å². The number of halogens is 5. The zero-order chi connectivity index (χ0) is 68.0. The minimum absolute atomic E-state index is 0.00397. The number of nitrogens with one attached hydrogen (secondary N) is 5. The molecule has 91 heavy (non-hydrogen) atoms. The summed E-state index contributed by atoms with van der Waals surface area (Å²) < 4.78 is 79.8. The third-order valence-corrected chi connectivity index (χ3v) is 17.2. The molecule has 3 heterocycles. The SMILES string of the molecule is C=C(CBr)C(=O)OC(C)CCCCC(=O)N[C@H](C(=O)N[C@@H](CCCNC(N)=O)C(=O)Nc1ccc(C(=O)N(C)[C@@H](C)C(=O)O[C@H]2CC(=O)N(C)c3cc(cc(OC)c3Cl)C/C(C)=C/C=C/[C@@H](OC)[C@@]3(O)C[C@H](OC(=O)N3)[C@@H](C)[C@@H]3O[C@@]23C)cc1C(F)(F)F)C(C)C. The molecule has 2 saturated heterocycles. The van der Waals surface area contributed by atoms with Crippen LogP contribution in [0.4, 0.5) is 34.1 Å². The minimum atomic E-state index is -5.22. The number of alkyl halides is 4. The van der Waals surface area contributed by atoms with Gasteiger partial charge in [-0.1, -0.05) is 78.7 Å². The molecule has 0 aromatic heterocycles. The summed E-state index contributed by atoms with van der Waals surface area (Å²) in [5.74, 6) is -6.94. The quantitative estimate of drug-likeness (QED) is 0.0135. The van der Waals surface area contributed by atoms with Crippen molar-refractivity contribution in [2.45, 2.75) is 172 Å². The van der Waals surface area contributed by atoms with E-state index < -0.39 is 155 Å². The van der Waals surface area contributed by atoms with Crippen molar-refractivity contribution in [3.63, 3.8) is 0 Å². The van der Waals surface area contributed by atoms with Crippen molar-refractivity contribution in [3.8, 4) is 5.75 Å². The second kappa shape index (κ2) is 32.3. The standard InChI is InChI=1S/C62H83BrClF3N8O16/c1-32(2)51(72-48(76)21-14-13-18-35(5)88-56(81)34(4)31-63)54(79)71-42(19-16-24-69-58(68)83)53(78)70-41-23-22-39(28-40(41)62(65,66)67)55(80)74(9)37(7)57(82)90-47-29-49(77)75(10)43-26-38(27-44(86-11)50(43)64)25-33(3)17-15-20-46(87-12)61(85)30-45(89-59(84)73-61)36(6)52-60(47,8)91-52/h15,17,20,22-23,26-28,32,35-37,42,45-47,51-52,85H,4,13-14,16,18-19,21,24-25,29-31H2,1-3,5-12H3,(H,70,78)(H,71,79)(H,72,76)(H,73,84)(H3,68,69,83)/b20-15+,33-17+/t35?,36-,37+,42+,45+,46-,47+,51+,52+,60+,61+/m1/s1. The van der Waals surface area contributed by atoms with Gasteiger partial charge in [0, 0.05) is 63.0 Å². The number of primary amides is 1. The number of alkyl carbamates (subject to hydrolysis) is 1.